The van der Waals surface area contributed by atoms with Crippen LogP contribution in [0.25, 0.3) is 0 Å². The van der Waals surface area contributed by atoms with Crippen molar-refractivity contribution < 1.29 is 4.42 Å². The van der Waals surface area contributed by atoms with E-state index in [9.17, 15) is 0 Å². The lowest BCUT2D eigenvalue weighted by Crippen LogP contribution is -2.00. The molecule has 0 aliphatic rings. The Labute approximate surface area is 109 Å². The maximum absolute atomic E-state index is 5.43. The monoisotopic (exact) mass is 297 g/mol. The van der Waals surface area contributed by atoms with Gasteiger partial charge in [-0.2, -0.15) is 5.10 Å². The fourth-order valence-corrected chi connectivity index (χ4v) is 1.89. The SMILES string of the molecule is Cc1nn(C(C)C)cc1NCc1ccc(Br)o1. The minimum absolute atomic E-state index is 0.377. The van der Waals surface area contributed by atoms with E-state index in [1.807, 2.05) is 29.9 Å². The first kappa shape index (κ1) is 12.2. The zero-order valence-corrected chi connectivity index (χ0v) is 11.8. The van der Waals surface area contributed by atoms with Crippen molar-refractivity contribution in [1.82, 2.24) is 9.78 Å². The molecule has 0 aromatic carbocycles. The average molecular weight is 298 g/mol. The molecule has 0 spiro atoms. The zero-order valence-electron chi connectivity index (χ0n) is 10.2. The largest absolute Gasteiger partial charge is 0.452 e. The second-order valence-electron chi connectivity index (χ2n) is 4.26. The first-order valence-corrected chi connectivity index (χ1v) is 6.39. The number of aromatic nitrogens is 2. The van der Waals surface area contributed by atoms with Crippen LogP contribution in [-0.2, 0) is 6.54 Å². The number of nitrogens with zero attached hydrogens (tertiary/aromatic N) is 2. The van der Waals surface area contributed by atoms with Gasteiger partial charge < -0.3 is 9.73 Å². The number of aryl methyl sites for hydroxylation is 1. The molecule has 0 radical (unpaired) electrons. The Balaban J connectivity index is 2.03. The highest BCUT2D eigenvalue weighted by Gasteiger charge is 2.07. The van der Waals surface area contributed by atoms with Crippen LogP contribution < -0.4 is 5.32 Å². The molecule has 0 atom stereocenters. The minimum atomic E-state index is 0.377. The summed E-state index contributed by atoms with van der Waals surface area (Å²) in [6, 6.07) is 4.21. The molecular formula is C12H16BrN3O. The van der Waals surface area contributed by atoms with Gasteiger partial charge in [-0.3, -0.25) is 4.68 Å². The average Bonchev–Trinajstić information content (AvgIpc) is 2.82. The van der Waals surface area contributed by atoms with E-state index >= 15 is 0 Å². The van der Waals surface area contributed by atoms with Crippen molar-refractivity contribution in [2.45, 2.75) is 33.4 Å². The molecule has 2 heterocycles. The van der Waals surface area contributed by atoms with Gasteiger partial charge in [0.2, 0.25) is 0 Å². The number of rotatable bonds is 4. The fourth-order valence-electron chi connectivity index (χ4n) is 1.55. The lowest BCUT2D eigenvalue weighted by molar-refractivity contribution is 0.495. The maximum Gasteiger partial charge on any atom is 0.169 e. The lowest BCUT2D eigenvalue weighted by Gasteiger charge is -2.03. The van der Waals surface area contributed by atoms with Gasteiger partial charge in [-0.25, -0.2) is 0 Å². The summed E-state index contributed by atoms with van der Waals surface area (Å²) in [4.78, 5) is 0. The molecule has 2 aromatic rings. The Morgan fingerprint density at radius 2 is 2.24 bits per heavy atom. The summed E-state index contributed by atoms with van der Waals surface area (Å²) in [6.45, 7) is 6.88. The molecule has 0 saturated carbocycles. The van der Waals surface area contributed by atoms with Crippen molar-refractivity contribution in [3.8, 4) is 0 Å². The van der Waals surface area contributed by atoms with Crippen LogP contribution in [0, 0.1) is 6.92 Å². The third-order valence-electron chi connectivity index (χ3n) is 2.53. The predicted octanol–water partition coefficient (Wildman–Crippen LogP) is 3.74. The van der Waals surface area contributed by atoms with E-state index in [0.717, 1.165) is 21.8 Å². The van der Waals surface area contributed by atoms with Gasteiger partial charge in [0.05, 0.1) is 17.9 Å². The first-order chi connectivity index (χ1) is 8.06. The second kappa shape index (κ2) is 4.96. The number of nitrogens with one attached hydrogen (secondary N) is 1. The van der Waals surface area contributed by atoms with E-state index in [2.05, 4.69) is 40.2 Å². The van der Waals surface area contributed by atoms with Crippen molar-refractivity contribution in [1.29, 1.82) is 0 Å². The Morgan fingerprint density at radius 3 is 2.76 bits per heavy atom. The molecule has 1 N–H and O–H groups in total. The van der Waals surface area contributed by atoms with E-state index in [-0.39, 0.29) is 0 Å². The molecule has 0 amide bonds. The molecular weight excluding hydrogens is 282 g/mol. The van der Waals surface area contributed by atoms with Gasteiger partial charge in [0.1, 0.15) is 5.76 Å². The van der Waals surface area contributed by atoms with Gasteiger partial charge in [0.15, 0.2) is 4.67 Å². The van der Waals surface area contributed by atoms with Crippen LogP contribution in [0.3, 0.4) is 0 Å². The summed E-state index contributed by atoms with van der Waals surface area (Å²) in [6.07, 6.45) is 2.03. The van der Waals surface area contributed by atoms with Gasteiger partial charge in [0.25, 0.3) is 0 Å². The first-order valence-electron chi connectivity index (χ1n) is 5.60. The zero-order chi connectivity index (χ0) is 12.4. The van der Waals surface area contributed by atoms with Gasteiger partial charge in [-0.05, 0) is 48.8 Å². The predicted molar refractivity (Wildman–Crippen MR) is 71.1 cm³/mol. The highest BCUT2D eigenvalue weighted by atomic mass is 79.9. The number of anilines is 1. The Bertz CT molecular complexity index is 502. The summed E-state index contributed by atoms with van der Waals surface area (Å²) in [5.74, 6) is 0.897. The van der Waals surface area contributed by atoms with Gasteiger partial charge >= 0.3 is 0 Å². The Kier molecular flexibility index (Phi) is 3.57. The number of hydrogen-bond donors (Lipinski definition) is 1. The fraction of sp³-hybridized carbons (Fsp3) is 0.417. The molecule has 2 aromatic heterocycles. The summed E-state index contributed by atoms with van der Waals surface area (Å²) >= 11 is 3.29. The summed E-state index contributed by atoms with van der Waals surface area (Å²) in [5.41, 5.74) is 2.05. The Morgan fingerprint density at radius 1 is 1.47 bits per heavy atom. The van der Waals surface area contributed by atoms with Crippen molar-refractivity contribution in [3.63, 3.8) is 0 Å². The second-order valence-corrected chi connectivity index (χ2v) is 5.04. The van der Waals surface area contributed by atoms with Crippen LogP contribution in [0.15, 0.2) is 27.4 Å². The summed E-state index contributed by atoms with van der Waals surface area (Å²) in [7, 11) is 0. The molecule has 92 valence electrons. The summed E-state index contributed by atoms with van der Waals surface area (Å²) < 4.78 is 8.13. The van der Waals surface area contributed by atoms with Crippen LogP contribution in [-0.4, -0.2) is 9.78 Å². The molecule has 5 heteroatoms. The third-order valence-corrected chi connectivity index (χ3v) is 2.95. The van der Waals surface area contributed by atoms with E-state index in [1.165, 1.54) is 0 Å². The van der Waals surface area contributed by atoms with E-state index in [4.69, 9.17) is 4.42 Å². The van der Waals surface area contributed by atoms with Gasteiger partial charge in [0, 0.05) is 12.2 Å². The van der Waals surface area contributed by atoms with Gasteiger partial charge in [-0.15, -0.1) is 0 Å². The summed E-state index contributed by atoms with van der Waals surface area (Å²) in [5, 5.41) is 7.76. The molecule has 0 aliphatic heterocycles. The molecule has 2 rings (SSSR count). The van der Waals surface area contributed by atoms with E-state index in [1.54, 1.807) is 0 Å². The Hall–Kier alpha value is -1.23. The standard InChI is InChI=1S/C12H16BrN3O/c1-8(2)16-7-11(9(3)15-16)14-6-10-4-5-12(13)17-10/h4-5,7-8,14H,6H2,1-3H3. The van der Waals surface area contributed by atoms with Gasteiger partial charge in [-0.1, -0.05) is 0 Å². The van der Waals surface area contributed by atoms with Crippen molar-refractivity contribution in [2.75, 3.05) is 5.32 Å². The lowest BCUT2D eigenvalue weighted by atomic mass is 10.3. The molecule has 0 saturated heterocycles. The topological polar surface area (TPSA) is 43.0 Å². The van der Waals surface area contributed by atoms with E-state index in [0.29, 0.717) is 12.6 Å². The van der Waals surface area contributed by atoms with Crippen LogP contribution >= 0.6 is 15.9 Å². The molecule has 0 fully saturated rings. The molecule has 0 aliphatic carbocycles. The van der Waals surface area contributed by atoms with Crippen LogP contribution in [0.4, 0.5) is 5.69 Å². The molecule has 17 heavy (non-hydrogen) atoms. The van der Waals surface area contributed by atoms with Crippen LogP contribution in [0.2, 0.25) is 0 Å². The molecule has 4 nitrogen and oxygen atoms in total. The number of halogens is 1. The minimum Gasteiger partial charge on any atom is -0.452 e. The molecule has 0 unspecified atom stereocenters. The van der Waals surface area contributed by atoms with Crippen molar-refractivity contribution in [2.24, 2.45) is 0 Å². The quantitative estimate of drug-likeness (QED) is 0.935. The highest BCUT2D eigenvalue weighted by molar-refractivity contribution is 9.10. The van der Waals surface area contributed by atoms with Crippen LogP contribution in [0.1, 0.15) is 31.3 Å². The molecule has 0 bridgehead atoms. The van der Waals surface area contributed by atoms with Crippen molar-refractivity contribution >= 4 is 21.6 Å². The number of furan rings is 1. The normalized spacial score (nSPS) is 11.1. The van der Waals surface area contributed by atoms with E-state index < -0.39 is 0 Å². The number of hydrogen-bond acceptors (Lipinski definition) is 3. The van der Waals surface area contributed by atoms with Crippen molar-refractivity contribution in [3.05, 3.63) is 34.5 Å². The maximum atomic E-state index is 5.43. The van der Waals surface area contributed by atoms with Crippen LogP contribution in [0.5, 0.6) is 0 Å². The smallest absolute Gasteiger partial charge is 0.169 e. The third kappa shape index (κ3) is 2.91. The highest BCUT2D eigenvalue weighted by Crippen LogP contribution is 2.18.